The van der Waals surface area contributed by atoms with Crippen LogP contribution in [0.2, 0.25) is 0 Å². The summed E-state index contributed by atoms with van der Waals surface area (Å²) in [6.45, 7) is 2.26. The Kier molecular flexibility index (Phi) is 7.78. The van der Waals surface area contributed by atoms with E-state index in [-0.39, 0.29) is 17.7 Å². The minimum absolute atomic E-state index is 0.114. The summed E-state index contributed by atoms with van der Waals surface area (Å²) in [7, 11) is 0. The van der Waals surface area contributed by atoms with Gasteiger partial charge in [0, 0.05) is 10.0 Å². The third-order valence-corrected chi connectivity index (χ3v) is 4.49. The van der Waals surface area contributed by atoms with Crippen molar-refractivity contribution in [1.29, 1.82) is 0 Å². The van der Waals surface area contributed by atoms with Crippen LogP contribution in [0, 0.1) is 5.82 Å². The van der Waals surface area contributed by atoms with E-state index in [2.05, 4.69) is 22.9 Å². The molecule has 6 heteroatoms. The van der Waals surface area contributed by atoms with Crippen LogP contribution in [-0.4, -0.2) is 18.5 Å². The van der Waals surface area contributed by atoms with Crippen molar-refractivity contribution in [2.75, 3.05) is 6.61 Å². The Hall–Kier alpha value is -2.21. The molecule has 0 heterocycles. The van der Waals surface area contributed by atoms with Crippen LogP contribution in [-0.2, 0) is 16.1 Å². The van der Waals surface area contributed by atoms with Crippen LogP contribution in [0.15, 0.2) is 46.9 Å². The summed E-state index contributed by atoms with van der Waals surface area (Å²) >= 11 is 3.28. The summed E-state index contributed by atoms with van der Waals surface area (Å²) in [6, 6.07) is 10.5. The highest BCUT2D eigenvalue weighted by molar-refractivity contribution is 9.10. The van der Waals surface area contributed by atoms with Gasteiger partial charge in [-0.2, -0.15) is 0 Å². The van der Waals surface area contributed by atoms with Gasteiger partial charge in [-0.15, -0.1) is 0 Å². The van der Waals surface area contributed by atoms with Crippen molar-refractivity contribution in [2.24, 2.45) is 0 Å². The second-order valence-electron chi connectivity index (χ2n) is 5.70. The Balaban J connectivity index is 2.04. The van der Waals surface area contributed by atoms with Gasteiger partial charge in [0.25, 0.3) is 0 Å². The van der Waals surface area contributed by atoms with Gasteiger partial charge in [-0.3, -0.25) is 0 Å². The van der Waals surface area contributed by atoms with Crippen LogP contribution in [0.4, 0.5) is 4.39 Å². The quantitative estimate of drug-likeness (QED) is 0.428. The molecule has 4 nitrogen and oxygen atoms in total. The summed E-state index contributed by atoms with van der Waals surface area (Å²) in [5.74, 6) is -1.64. The molecule has 0 saturated carbocycles. The van der Waals surface area contributed by atoms with E-state index >= 15 is 0 Å². The Labute approximate surface area is 160 Å². The third-order valence-electron chi connectivity index (χ3n) is 3.71. The van der Waals surface area contributed by atoms with Crippen molar-refractivity contribution >= 4 is 27.9 Å². The zero-order valence-corrected chi connectivity index (χ0v) is 16.1. The molecule has 0 aliphatic carbocycles. The summed E-state index contributed by atoms with van der Waals surface area (Å²) < 4.78 is 24.4. The molecule has 0 aliphatic rings. The summed E-state index contributed by atoms with van der Waals surface area (Å²) in [5, 5.41) is 0. The van der Waals surface area contributed by atoms with Gasteiger partial charge in [-0.1, -0.05) is 47.8 Å². The van der Waals surface area contributed by atoms with Gasteiger partial charge >= 0.3 is 11.9 Å². The van der Waals surface area contributed by atoms with Crippen molar-refractivity contribution in [2.45, 2.75) is 32.8 Å². The minimum atomic E-state index is -0.665. The van der Waals surface area contributed by atoms with Gasteiger partial charge in [0.1, 0.15) is 12.4 Å². The fraction of sp³-hybridized carbons (Fsp3) is 0.300. The number of benzene rings is 2. The normalized spacial score (nSPS) is 10.4. The van der Waals surface area contributed by atoms with E-state index in [1.807, 2.05) is 0 Å². The number of rotatable bonds is 8. The number of carbonyl (C=O) groups is 2. The SMILES string of the molecule is CCCCCOC(=O)c1ccccc1C(=O)OCc1cc(F)ccc1Br. The first kappa shape index (κ1) is 20.1. The first-order chi connectivity index (χ1) is 12.5. The number of halogens is 2. The predicted molar refractivity (Wildman–Crippen MR) is 99.5 cm³/mol. The fourth-order valence-electron chi connectivity index (χ4n) is 2.31. The van der Waals surface area contributed by atoms with Crippen LogP contribution in [0.25, 0.3) is 0 Å². The number of ether oxygens (including phenoxy) is 2. The largest absolute Gasteiger partial charge is 0.462 e. The molecule has 2 aromatic carbocycles. The van der Waals surface area contributed by atoms with E-state index in [0.717, 1.165) is 19.3 Å². The zero-order valence-electron chi connectivity index (χ0n) is 14.5. The van der Waals surface area contributed by atoms with Crippen LogP contribution < -0.4 is 0 Å². The average Bonchev–Trinajstić information content (AvgIpc) is 2.65. The van der Waals surface area contributed by atoms with E-state index in [9.17, 15) is 14.0 Å². The van der Waals surface area contributed by atoms with Gasteiger partial charge in [-0.25, -0.2) is 14.0 Å². The molecule has 138 valence electrons. The standard InChI is InChI=1S/C20H20BrFO4/c1-2-3-6-11-25-19(23)16-7-4-5-8-17(16)20(24)26-13-14-12-15(22)9-10-18(14)21/h4-5,7-10,12H,2-3,6,11,13H2,1H3. The first-order valence-electron chi connectivity index (χ1n) is 8.40. The van der Waals surface area contributed by atoms with E-state index in [4.69, 9.17) is 9.47 Å². The summed E-state index contributed by atoms with van der Waals surface area (Å²) in [4.78, 5) is 24.6. The summed E-state index contributed by atoms with van der Waals surface area (Å²) in [5.41, 5.74) is 0.783. The Morgan fingerprint density at radius 1 is 1.00 bits per heavy atom. The Morgan fingerprint density at radius 3 is 2.31 bits per heavy atom. The first-order valence-corrected chi connectivity index (χ1v) is 9.19. The lowest BCUT2D eigenvalue weighted by atomic mass is 10.1. The molecule has 0 unspecified atom stereocenters. The van der Waals surface area contributed by atoms with Crippen molar-refractivity contribution in [3.63, 3.8) is 0 Å². The monoisotopic (exact) mass is 422 g/mol. The highest BCUT2D eigenvalue weighted by Crippen LogP contribution is 2.20. The number of carbonyl (C=O) groups excluding carboxylic acids is 2. The smallest absolute Gasteiger partial charge is 0.339 e. The molecule has 0 radical (unpaired) electrons. The van der Waals surface area contributed by atoms with Gasteiger partial charge in [0.15, 0.2) is 0 Å². The second-order valence-corrected chi connectivity index (χ2v) is 6.55. The molecular weight excluding hydrogens is 403 g/mol. The van der Waals surface area contributed by atoms with E-state index in [1.54, 1.807) is 18.2 Å². The lowest BCUT2D eigenvalue weighted by Crippen LogP contribution is -2.14. The Bertz CT molecular complexity index is 776. The van der Waals surface area contributed by atoms with Crippen LogP contribution in [0.3, 0.4) is 0 Å². The van der Waals surface area contributed by atoms with Gasteiger partial charge in [-0.05, 0) is 36.8 Å². The predicted octanol–water partition coefficient (Wildman–Crippen LogP) is 5.29. The number of unbranched alkanes of at least 4 members (excludes halogenated alkanes) is 2. The maximum atomic E-state index is 13.3. The van der Waals surface area contributed by atoms with Gasteiger partial charge < -0.3 is 9.47 Å². The number of hydrogen-bond donors (Lipinski definition) is 0. The lowest BCUT2D eigenvalue weighted by molar-refractivity contribution is 0.0435. The molecular formula is C20H20BrFO4. The number of hydrogen-bond acceptors (Lipinski definition) is 4. The minimum Gasteiger partial charge on any atom is -0.462 e. The molecule has 0 aromatic heterocycles. The van der Waals surface area contributed by atoms with Crippen molar-refractivity contribution in [1.82, 2.24) is 0 Å². The lowest BCUT2D eigenvalue weighted by Gasteiger charge is -2.10. The molecule has 0 bridgehead atoms. The molecule has 26 heavy (non-hydrogen) atoms. The molecule has 0 N–H and O–H groups in total. The highest BCUT2D eigenvalue weighted by Gasteiger charge is 2.19. The van der Waals surface area contributed by atoms with Gasteiger partial charge in [0.05, 0.1) is 17.7 Å². The molecule has 2 aromatic rings. The van der Waals surface area contributed by atoms with Crippen molar-refractivity contribution in [3.05, 3.63) is 69.4 Å². The van der Waals surface area contributed by atoms with Crippen LogP contribution in [0.5, 0.6) is 0 Å². The molecule has 0 fully saturated rings. The Morgan fingerprint density at radius 2 is 1.65 bits per heavy atom. The van der Waals surface area contributed by atoms with Crippen molar-refractivity contribution in [3.8, 4) is 0 Å². The van der Waals surface area contributed by atoms with Crippen LogP contribution in [0.1, 0.15) is 52.5 Å². The second kappa shape index (κ2) is 10.1. The molecule has 0 aliphatic heterocycles. The maximum absolute atomic E-state index is 13.3. The van der Waals surface area contributed by atoms with E-state index in [1.165, 1.54) is 24.3 Å². The molecule has 0 saturated heterocycles. The fourth-order valence-corrected chi connectivity index (χ4v) is 2.67. The van der Waals surface area contributed by atoms with Crippen molar-refractivity contribution < 1.29 is 23.5 Å². The van der Waals surface area contributed by atoms with E-state index < -0.39 is 17.8 Å². The molecule has 2 rings (SSSR count). The third kappa shape index (κ3) is 5.66. The van der Waals surface area contributed by atoms with Crippen LogP contribution >= 0.6 is 15.9 Å². The molecule has 0 atom stereocenters. The maximum Gasteiger partial charge on any atom is 0.339 e. The summed E-state index contributed by atoms with van der Waals surface area (Å²) in [6.07, 6.45) is 2.78. The highest BCUT2D eigenvalue weighted by atomic mass is 79.9. The number of esters is 2. The molecule has 0 spiro atoms. The van der Waals surface area contributed by atoms with Gasteiger partial charge in [0.2, 0.25) is 0 Å². The zero-order chi connectivity index (χ0) is 18.9. The topological polar surface area (TPSA) is 52.6 Å². The molecule has 0 amide bonds. The average molecular weight is 423 g/mol. The van der Waals surface area contributed by atoms with E-state index in [0.29, 0.717) is 16.6 Å².